The van der Waals surface area contributed by atoms with Gasteiger partial charge in [0.05, 0.1) is 11.1 Å². The minimum atomic E-state index is -4.45. The van der Waals surface area contributed by atoms with Gasteiger partial charge in [-0.25, -0.2) is 4.79 Å². The lowest BCUT2D eigenvalue weighted by molar-refractivity contribution is -0.137. The summed E-state index contributed by atoms with van der Waals surface area (Å²) in [6.45, 7) is 5.04. The van der Waals surface area contributed by atoms with Crippen LogP contribution in [0.1, 0.15) is 34.0 Å². The normalized spacial score (nSPS) is 12.4. The highest BCUT2D eigenvalue weighted by Gasteiger charge is 2.30. The molecular formula is C19H18F3NO3. The molecule has 1 amide bonds. The molecule has 138 valence electrons. The third kappa shape index (κ3) is 4.84. The van der Waals surface area contributed by atoms with Crippen LogP contribution in [0.2, 0.25) is 0 Å². The number of esters is 1. The highest BCUT2D eigenvalue weighted by Crippen LogP contribution is 2.29. The summed E-state index contributed by atoms with van der Waals surface area (Å²) in [7, 11) is 0. The number of nitrogens with one attached hydrogen (secondary N) is 1. The van der Waals surface area contributed by atoms with Crippen molar-refractivity contribution in [3.05, 3.63) is 64.7 Å². The monoisotopic (exact) mass is 365 g/mol. The summed E-state index contributed by atoms with van der Waals surface area (Å²) in [5, 5.41) is 2.42. The first-order valence-corrected chi connectivity index (χ1v) is 7.84. The van der Waals surface area contributed by atoms with Crippen molar-refractivity contribution in [2.75, 3.05) is 5.32 Å². The Kier molecular flexibility index (Phi) is 5.69. The lowest BCUT2D eigenvalue weighted by atomic mass is 10.1. The quantitative estimate of drug-likeness (QED) is 0.812. The Labute approximate surface area is 149 Å². The second-order valence-corrected chi connectivity index (χ2v) is 5.93. The molecule has 0 aliphatic heterocycles. The SMILES string of the molecule is Cc1ccc(C(=O)O[C@H](C)C(=O)Nc2ccc(C(F)(F)F)cc2)c(C)c1. The summed E-state index contributed by atoms with van der Waals surface area (Å²) in [6, 6.07) is 9.20. The first-order valence-electron chi connectivity index (χ1n) is 7.84. The smallest absolute Gasteiger partial charge is 0.416 e. The Morgan fingerprint density at radius 3 is 2.19 bits per heavy atom. The molecule has 0 spiro atoms. The number of anilines is 1. The van der Waals surface area contributed by atoms with Crippen LogP contribution in [0.15, 0.2) is 42.5 Å². The Morgan fingerprint density at radius 2 is 1.65 bits per heavy atom. The van der Waals surface area contributed by atoms with E-state index in [-0.39, 0.29) is 5.69 Å². The first-order chi connectivity index (χ1) is 12.1. The largest absolute Gasteiger partial charge is 0.449 e. The van der Waals surface area contributed by atoms with Crippen LogP contribution >= 0.6 is 0 Å². The average molecular weight is 365 g/mol. The fourth-order valence-corrected chi connectivity index (χ4v) is 2.31. The van der Waals surface area contributed by atoms with E-state index in [2.05, 4.69) is 5.32 Å². The van der Waals surface area contributed by atoms with Gasteiger partial charge in [0.25, 0.3) is 5.91 Å². The van der Waals surface area contributed by atoms with E-state index in [4.69, 9.17) is 4.74 Å². The molecule has 2 rings (SSSR count). The summed E-state index contributed by atoms with van der Waals surface area (Å²) < 4.78 is 42.7. The maximum Gasteiger partial charge on any atom is 0.416 e. The molecule has 0 aliphatic rings. The standard InChI is InChI=1S/C19H18F3NO3/c1-11-4-9-16(12(2)10-11)18(25)26-13(3)17(24)23-15-7-5-14(6-8-15)19(20,21)22/h4-10,13H,1-3H3,(H,23,24)/t13-/m1/s1. The van der Waals surface area contributed by atoms with Crippen LogP contribution in [0, 0.1) is 13.8 Å². The van der Waals surface area contributed by atoms with Gasteiger partial charge in [0.2, 0.25) is 0 Å². The topological polar surface area (TPSA) is 55.4 Å². The third-order valence-corrected chi connectivity index (χ3v) is 3.73. The van der Waals surface area contributed by atoms with Gasteiger partial charge in [-0.2, -0.15) is 13.2 Å². The molecule has 26 heavy (non-hydrogen) atoms. The molecule has 1 atom stereocenters. The zero-order valence-electron chi connectivity index (χ0n) is 14.5. The van der Waals surface area contributed by atoms with E-state index in [0.717, 1.165) is 35.4 Å². The molecule has 4 nitrogen and oxygen atoms in total. The number of halogens is 3. The molecule has 0 aliphatic carbocycles. The number of rotatable bonds is 4. The molecule has 2 aromatic rings. The lowest BCUT2D eigenvalue weighted by Gasteiger charge is -2.15. The maximum atomic E-state index is 12.5. The van der Waals surface area contributed by atoms with Gasteiger partial charge in [0.15, 0.2) is 6.10 Å². The van der Waals surface area contributed by atoms with E-state index in [1.165, 1.54) is 6.92 Å². The van der Waals surface area contributed by atoms with Crippen molar-refractivity contribution in [2.45, 2.75) is 33.1 Å². The number of hydrogen-bond donors (Lipinski definition) is 1. The van der Waals surface area contributed by atoms with Gasteiger partial charge in [0, 0.05) is 5.69 Å². The lowest BCUT2D eigenvalue weighted by Crippen LogP contribution is -2.30. The van der Waals surface area contributed by atoms with Gasteiger partial charge in [-0.1, -0.05) is 17.7 Å². The fraction of sp³-hybridized carbons (Fsp3) is 0.263. The number of benzene rings is 2. The van der Waals surface area contributed by atoms with Crippen molar-refractivity contribution in [3.63, 3.8) is 0 Å². The molecule has 0 aromatic heterocycles. The first kappa shape index (κ1) is 19.5. The van der Waals surface area contributed by atoms with E-state index in [0.29, 0.717) is 5.56 Å². The van der Waals surface area contributed by atoms with Crippen molar-refractivity contribution < 1.29 is 27.5 Å². The number of amides is 1. The van der Waals surface area contributed by atoms with E-state index in [1.54, 1.807) is 19.1 Å². The van der Waals surface area contributed by atoms with Crippen LogP contribution in [-0.2, 0) is 15.7 Å². The maximum absolute atomic E-state index is 12.5. The van der Waals surface area contributed by atoms with E-state index in [9.17, 15) is 22.8 Å². The molecule has 2 aromatic carbocycles. The van der Waals surface area contributed by atoms with Crippen LogP contribution in [0.4, 0.5) is 18.9 Å². The number of carbonyl (C=O) groups excluding carboxylic acids is 2. The molecule has 0 heterocycles. The van der Waals surface area contributed by atoms with Gasteiger partial charge < -0.3 is 10.1 Å². The van der Waals surface area contributed by atoms with Gasteiger partial charge in [-0.3, -0.25) is 4.79 Å². The Morgan fingerprint density at radius 1 is 1.04 bits per heavy atom. The van der Waals surface area contributed by atoms with Gasteiger partial charge in [0.1, 0.15) is 0 Å². The highest BCUT2D eigenvalue weighted by molar-refractivity contribution is 5.97. The van der Waals surface area contributed by atoms with Crippen LogP contribution < -0.4 is 5.32 Å². The number of alkyl halides is 3. The van der Waals surface area contributed by atoms with Gasteiger partial charge in [-0.05, 0) is 56.7 Å². The Hall–Kier alpha value is -2.83. The van der Waals surface area contributed by atoms with Gasteiger partial charge in [-0.15, -0.1) is 0 Å². The summed E-state index contributed by atoms with van der Waals surface area (Å²) in [6.07, 6.45) is -5.55. The van der Waals surface area contributed by atoms with E-state index in [1.807, 2.05) is 13.0 Å². The molecule has 0 bridgehead atoms. The fourth-order valence-electron chi connectivity index (χ4n) is 2.31. The van der Waals surface area contributed by atoms with Crippen molar-refractivity contribution in [1.82, 2.24) is 0 Å². The third-order valence-electron chi connectivity index (χ3n) is 3.73. The minimum Gasteiger partial charge on any atom is -0.449 e. The summed E-state index contributed by atoms with van der Waals surface area (Å²) in [5.74, 6) is -1.28. The molecule has 0 fully saturated rings. The molecule has 0 unspecified atom stereocenters. The highest BCUT2D eigenvalue weighted by atomic mass is 19.4. The van der Waals surface area contributed by atoms with Crippen molar-refractivity contribution >= 4 is 17.6 Å². The molecule has 7 heteroatoms. The van der Waals surface area contributed by atoms with Crippen LogP contribution in [-0.4, -0.2) is 18.0 Å². The van der Waals surface area contributed by atoms with Crippen molar-refractivity contribution in [1.29, 1.82) is 0 Å². The molecule has 0 saturated heterocycles. The van der Waals surface area contributed by atoms with Crippen LogP contribution in [0.25, 0.3) is 0 Å². The Bertz CT molecular complexity index is 814. The number of aryl methyl sites for hydroxylation is 2. The average Bonchev–Trinajstić information content (AvgIpc) is 2.54. The second-order valence-electron chi connectivity index (χ2n) is 5.93. The van der Waals surface area contributed by atoms with Crippen LogP contribution in [0.3, 0.4) is 0 Å². The van der Waals surface area contributed by atoms with E-state index < -0.39 is 29.7 Å². The van der Waals surface area contributed by atoms with E-state index >= 15 is 0 Å². The zero-order valence-corrected chi connectivity index (χ0v) is 14.5. The molecule has 0 saturated carbocycles. The Balaban J connectivity index is 2.00. The summed E-state index contributed by atoms with van der Waals surface area (Å²) in [4.78, 5) is 24.3. The molecule has 0 radical (unpaired) electrons. The molecular weight excluding hydrogens is 347 g/mol. The zero-order chi connectivity index (χ0) is 19.5. The number of carbonyl (C=O) groups is 2. The van der Waals surface area contributed by atoms with Crippen LogP contribution in [0.5, 0.6) is 0 Å². The van der Waals surface area contributed by atoms with Crippen molar-refractivity contribution in [3.8, 4) is 0 Å². The number of hydrogen-bond acceptors (Lipinski definition) is 3. The second kappa shape index (κ2) is 7.59. The molecule has 1 N–H and O–H groups in total. The predicted molar refractivity (Wildman–Crippen MR) is 90.9 cm³/mol. The summed E-state index contributed by atoms with van der Waals surface area (Å²) >= 11 is 0. The van der Waals surface area contributed by atoms with Gasteiger partial charge >= 0.3 is 12.1 Å². The minimum absolute atomic E-state index is 0.178. The predicted octanol–water partition coefficient (Wildman–Crippen LogP) is 4.51. The number of ether oxygens (including phenoxy) is 1. The summed E-state index contributed by atoms with van der Waals surface area (Å²) in [5.41, 5.74) is 1.43. The van der Waals surface area contributed by atoms with Crippen molar-refractivity contribution in [2.24, 2.45) is 0 Å².